The molecule has 0 saturated carbocycles. The van der Waals surface area contributed by atoms with Crippen molar-refractivity contribution in [3.8, 4) is 0 Å². The molecule has 0 unspecified atom stereocenters. The van der Waals surface area contributed by atoms with Crippen LogP contribution in [0.15, 0.2) is 0 Å². The van der Waals surface area contributed by atoms with Gasteiger partial charge in [-0.25, -0.2) is 4.79 Å². The first-order chi connectivity index (χ1) is 8.71. The van der Waals surface area contributed by atoms with Crippen LogP contribution in [-0.4, -0.2) is 53.7 Å². The lowest BCUT2D eigenvalue weighted by Gasteiger charge is -2.36. The number of carbonyl (C=O) groups excluding carboxylic acids is 1. The third kappa shape index (κ3) is 4.80. The van der Waals surface area contributed by atoms with E-state index >= 15 is 0 Å². The normalized spacial score (nSPS) is 19.3. The Balaban J connectivity index is 2.41. The number of hydrogen-bond donors (Lipinski definition) is 2. The van der Waals surface area contributed by atoms with Crippen LogP contribution in [0, 0.1) is 5.41 Å². The summed E-state index contributed by atoms with van der Waals surface area (Å²) in [6.45, 7) is 6.70. The molecule has 1 aliphatic rings. The van der Waals surface area contributed by atoms with Gasteiger partial charge in [0, 0.05) is 13.1 Å². The van der Waals surface area contributed by atoms with E-state index in [9.17, 15) is 9.59 Å². The van der Waals surface area contributed by atoms with E-state index in [2.05, 4.69) is 0 Å². The molecular weight excluding hydrogens is 248 g/mol. The van der Waals surface area contributed by atoms with Gasteiger partial charge in [0.05, 0.1) is 12.1 Å². The van der Waals surface area contributed by atoms with Gasteiger partial charge in [0.15, 0.2) is 0 Å². The SMILES string of the molecule is CC(C)(C)[C@@H](N)C(=O)N1CCC(OCC(=O)O)CC1. The molecule has 1 fully saturated rings. The van der Waals surface area contributed by atoms with E-state index in [1.54, 1.807) is 4.90 Å². The molecule has 1 atom stereocenters. The molecule has 1 saturated heterocycles. The molecular formula is C13H24N2O4. The number of rotatable bonds is 4. The molecule has 0 aromatic carbocycles. The number of likely N-dealkylation sites (tertiary alicyclic amines) is 1. The molecule has 0 aromatic heterocycles. The van der Waals surface area contributed by atoms with Crippen LogP contribution in [0.2, 0.25) is 0 Å². The van der Waals surface area contributed by atoms with Crippen molar-refractivity contribution < 1.29 is 19.4 Å². The predicted octanol–water partition coefficient (Wildman–Crippen LogP) is 0.452. The molecule has 3 N–H and O–H groups in total. The third-order valence-electron chi connectivity index (χ3n) is 3.40. The van der Waals surface area contributed by atoms with Crippen molar-refractivity contribution in [2.75, 3.05) is 19.7 Å². The van der Waals surface area contributed by atoms with Gasteiger partial charge in [0.25, 0.3) is 0 Å². The molecule has 6 nitrogen and oxygen atoms in total. The Hall–Kier alpha value is -1.14. The van der Waals surface area contributed by atoms with Gasteiger partial charge in [-0.15, -0.1) is 0 Å². The highest BCUT2D eigenvalue weighted by Gasteiger charge is 2.33. The van der Waals surface area contributed by atoms with E-state index < -0.39 is 12.0 Å². The van der Waals surface area contributed by atoms with Crippen LogP contribution in [0.4, 0.5) is 0 Å². The van der Waals surface area contributed by atoms with Crippen LogP contribution >= 0.6 is 0 Å². The van der Waals surface area contributed by atoms with Gasteiger partial charge in [-0.05, 0) is 18.3 Å². The van der Waals surface area contributed by atoms with Crippen molar-refractivity contribution >= 4 is 11.9 Å². The molecule has 0 radical (unpaired) electrons. The Kier molecular flexibility index (Phi) is 5.31. The van der Waals surface area contributed by atoms with Crippen LogP contribution in [0.5, 0.6) is 0 Å². The highest BCUT2D eigenvalue weighted by Crippen LogP contribution is 2.21. The van der Waals surface area contributed by atoms with E-state index in [-0.39, 0.29) is 24.0 Å². The van der Waals surface area contributed by atoms with Crippen LogP contribution in [-0.2, 0) is 14.3 Å². The van der Waals surface area contributed by atoms with Crippen molar-refractivity contribution in [3.05, 3.63) is 0 Å². The number of amides is 1. The smallest absolute Gasteiger partial charge is 0.329 e. The van der Waals surface area contributed by atoms with Gasteiger partial charge in [0.2, 0.25) is 5.91 Å². The quantitative estimate of drug-likeness (QED) is 0.775. The van der Waals surface area contributed by atoms with Gasteiger partial charge in [0.1, 0.15) is 6.61 Å². The molecule has 110 valence electrons. The number of carboxylic acids is 1. The zero-order valence-corrected chi connectivity index (χ0v) is 11.9. The lowest BCUT2D eigenvalue weighted by atomic mass is 9.86. The number of carbonyl (C=O) groups is 2. The highest BCUT2D eigenvalue weighted by molar-refractivity contribution is 5.82. The van der Waals surface area contributed by atoms with E-state index in [1.165, 1.54) is 0 Å². The average Bonchev–Trinajstić information content (AvgIpc) is 2.34. The van der Waals surface area contributed by atoms with E-state index in [0.29, 0.717) is 25.9 Å². The molecule has 0 aliphatic carbocycles. The summed E-state index contributed by atoms with van der Waals surface area (Å²) in [5.74, 6) is -1.00. The lowest BCUT2D eigenvalue weighted by Crippen LogP contribution is -2.53. The maximum absolute atomic E-state index is 12.2. The number of carboxylic acid groups (broad SMARTS) is 1. The summed E-state index contributed by atoms with van der Waals surface area (Å²) in [6, 6.07) is -0.510. The summed E-state index contributed by atoms with van der Waals surface area (Å²) in [5.41, 5.74) is 5.70. The zero-order valence-electron chi connectivity index (χ0n) is 11.9. The van der Waals surface area contributed by atoms with Gasteiger partial charge in [-0.3, -0.25) is 4.79 Å². The number of hydrogen-bond acceptors (Lipinski definition) is 4. The second kappa shape index (κ2) is 6.34. The first-order valence-electron chi connectivity index (χ1n) is 6.59. The lowest BCUT2D eigenvalue weighted by molar-refractivity contribution is -0.147. The van der Waals surface area contributed by atoms with Gasteiger partial charge < -0.3 is 20.5 Å². The minimum absolute atomic E-state index is 0.0378. The minimum Gasteiger partial charge on any atom is -0.480 e. The fraction of sp³-hybridized carbons (Fsp3) is 0.846. The Bertz CT molecular complexity index is 330. The van der Waals surface area contributed by atoms with Crippen molar-refractivity contribution in [3.63, 3.8) is 0 Å². The Morgan fingerprint density at radius 1 is 1.37 bits per heavy atom. The van der Waals surface area contributed by atoms with Crippen molar-refractivity contribution in [1.29, 1.82) is 0 Å². The minimum atomic E-state index is -0.965. The Morgan fingerprint density at radius 2 is 1.89 bits per heavy atom. The standard InChI is InChI=1S/C13H24N2O4/c1-13(2,3)11(14)12(18)15-6-4-9(5-7-15)19-8-10(16)17/h9,11H,4-8,14H2,1-3H3,(H,16,17)/t11-/m0/s1. The maximum Gasteiger partial charge on any atom is 0.329 e. The van der Waals surface area contributed by atoms with E-state index in [1.807, 2.05) is 20.8 Å². The van der Waals surface area contributed by atoms with Gasteiger partial charge in [-0.2, -0.15) is 0 Å². The van der Waals surface area contributed by atoms with Crippen LogP contribution in [0.25, 0.3) is 0 Å². The summed E-state index contributed by atoms with van der Waals surface area (Å²) in [6.07, 6.45) is 1.25. The van der Waals surface area contributed by atoms with Gasteiger partial charge >= 0.3 is 5.97 Å². The largest absolute Gasteiger partial charge is 0.480 e. The fourth-order valence-corrected chi connectivity index (χ4v) is 2.00. The maximum atomic E-state index is 12.2. The predicted molar refractivity (Wildman–Crippen MR) is 70.6 cm³/mol. The van der Waals surface area contributed by atoms with Crippen LogP contribution in [0.1, 0.15) is 33.6 Å². The van der Waals surface area contributed by atoms with E-state index in [0.717, 1.165) is 0 Å². The molecule has 1 amide bonds. The topological polar surface area (TPSA) is 92.9 Å². The number of ether oxygens (including phenoxy) is 1. The zero-order chi connectivity index (χ0) is 14.6. The van der Waals surface area contributed by atoms with Crippen LogP contribution < -0.4 is 5.73 Å². The first kappa shape index (κ1) is 15.9. The molecule has 0 spiro atoms. The van der Waals surface area contributed by atoms with E-state index in [4.69, 9.17) is 15.6 Å². The Morgan fingerprint density at radius 3 is 2.32 bits per heavy atom. The van der Waals surface area contributed by atoms with Crippen LogP contribution in [0.3, 0.4) is 0 Å². The van der Waals surface area contributed by atoms with Crippen molar-refractivity contribution in [1.82, 2.24) is 4.90 Å². The molecule has 19 heavy (non-hydrogen) atoms. The van der Waals surface area contributed by atoms with Crippen molar-refractivity contribution in [2.24, 2.45) is 11.1 Å². The first-order valence-corrected chi connectivity index (χ1v) is 6.59. The number of aliphatic carboxylic acids is 1. The molecule has 1 rings (SSSR count). The second-order valence-corrected chi connectivity index (χ2v) is 6.07. The summed E-state index contributed by atoms with van der Waals surface area (Å²) in [5, 5.41) is 8.54. The monoisotopic (exact) mass is 272 g/mol. The van der Waals surface area contributed by atoms with Crippen molar-refractivity contribution in [2.45, 2.75) is 45.8 Å². The number of nitrogens with two attached hydrogens (primary N) is 1. The highest BCUT2D eigenvalue weighted by atomic mass is 16.5. The molecule has 1 heterocycles. The number of nitrogens with zero attached hydrogens (tertiary/aromatic N) is 1. The second-order valence-electron chi connectivity index (χ2n) is 6.07. The molecule has 1 aliphatic heterocycles. The Labute approximate surface area is 113 Å². The molecule has 6 heteroatoms. The third-order valence-corrected chi connectivity index (χ3v) is 3.40. The summed E-state index contributed by atoms with van der Waals surface area (Å²) >= 11 is 0. The molecule has 0 aromatic rings. The average molecular weight is 272 g/mol. The number of piperidine rings is 1. The molecule has 0 bridgehead atoms. The summed E-state index contributed by atoms with van der Waals surface area (Å²) in [7, 11) is 0. The summed E-state index contributed by atoms with van der Waals surface area (Å²) < 4.78 is 5.23. The summed E-state index contributed by atoms with van der Waals surface area (Å²) in [4.78, 5) is 24.3. The fourth-order valence-electron chi connectivity index (χ4n) is 2.00. The van der Waals surface area contributed by atoms with Gasteiger partial charge in [-0.1, -0.05) is 20.8 Å².